The van der Waals surface area contributed by atoms with E-state index in [1.54, 1.807) is 14.2 Å². The van der Waals surface area contributed by atoms with E-state index in [-0.39, 0.29) is 6.29 Å². The fraction of sp³-hybridized carbons (Fsp3) is 0.600. The molecule has 0 aliphatic rings. The molecular formula is C15H25NO4. The summed E-state index contributed by atoms with van der Waals surface area (Å²) in [6, 6.07) is 5.78. The van der Waals surface area contributed by atoms with E-state index in [1.165, 1.54) is 0 Å². The van der Waals surface area contributed by atoms with Crippen LogP contribution in [0.2, 0.25) is 0 Å². The molecule has 1 aromatic carbocycles. The van der Waals surface area contributed by atoms with Gasteiger partial charge < -0.3 is 24.3 Å². The van der Waals surface area contributed by atoms with Crippen molar-refractivity contribution in [2.24, 2.45) is 0 Å². The number of ether oxygens (including phenoxy) is 4. The second-order valence-electron chi connectivity index (χ2n) is 4.15. The number of nitrogens with one attached hydrogen (secondary N) is 1. The van der Waals surface area contributed by atoms with E-state index in [2.05, 4.69) is 5.32 Å². The lowest BCUT2D eigenvalue weighted by Crippen LogP contribution is -2.31. The average Bonchev–Trinajstić information content (AvgIpc) is 2.48. The van der Waals surface area contributed by atoms with Gasteiger partial charge in [-0.2, -0.15) is 0 Å². The molecule has 0 saturated heterocycles. The Bertz CT molecular complexity index is 378. The largest absolute Gasteiger partial charge is 0.497 e. The lowest BCUT2D eigenvalue weighted by Gasteiger charge is -2.18. The van der Waals surface area contributed by atoms with Gasteiger partial charge in [-0.1, -0.05) is 6.07 Å². The second-order valence-corrected chi connectivity index (χ2v) is 4.15. The van der Waals surface area contributed by atoms with Gasteiger partial charge in [0.15, 0.2) is 6.29 Å². The molecule has 20 heavy (non-hydrogen) atoms. The third-order valence-electron chi connectivity index (χ3n) is 2.83. The minimum absolute atomic E-state index is 0.214. The zero-order chi connectivity index (χ0) is 14.8. The summed E-state index contributed by atoms with van der Waals surface area (Å²) < 4.78 is 21.5. The van der Waals surface area contributed by atoms with Crippen LogP contribution >= 0.6 is 0 Å². The maximum absolute atomic E-state index is 5.48. The Balaban J connectivity index is 2.51. The lowest BCUT2D eigenvalue weighted by atomic mass is 10.2. The predicted molar refractivity (Wildman–Crippen MR) is 78.3 cm³/mol. The van der Waals surface area contributed by atoms with Gasteiger partial charge in [-0.25, -0.2) is 0 Å². The maximum atomic E-state index is 5.48. The Morgan fingerprint density at radius 2 is 1.75 bits per heavy atom. The molecule has 0 aliphatic carbocycles. The van der Waals surface area contributed by atoms with Crippen molar-refractivity contribution < 1.29 is 18.9 Å². The van der Waals surface area contributed by atoms with Crippen LogP contribution in [0.25, 0.3) is 0 Å². The molecule has 0 fully saturated rings. The molecule has 0 heterocycles. The third-order valence-corrected chi connectivity index (χ3v) is 2.83. The van der Waals surface area contributed by atoms with Crippen molar-refractivity contribution in [2.45, 2.75) is 26.7 Å². The van der Waals surface area contributed by atoms with E-state index >= 15 is 0 Å². The van der Waals surface area contributed by atoms with Crippen LogP contribution in [0.1, 0.15) is 19.4 Å². The summed E-state index contributed by atoms with van der Waals surface area (Å²) in [5.74, 6) is 1.59. The molecular weight excluding hydrogens is 258 g/mol. The Hall–Kier alpha value is -1.30. The Morgan fingerprint density at radius 1 is 1.05 bits per heavy atom. The van der Waals surface area contributed by atoms with Crippen LogP contribution in [0.4, 0.5) is 0 Å². The van der Waals surface area contributed by atoms with Crippen LogP contribution in [0.5, 0.6) is 11.5 Å². The molecule has 0 aromatic heterocycles. The predicted octanol–water partition coefficient (Wildman–Crippen LogP) is 2.19. The summed E-state index contributed by atoms with van der Waals surface area (Å²) in [7, 11) is 3.29. The summed E-state index contributed by atoms with van der Waals surface area (Å²) in [4.78, 5) is 0. The van der Waals surface area contributed by atoms with Gasteiger partial charge in [-0.3, -0.25) is 0 Å². The van der Waals surface area contributed by atoms with Crippen molar-refractivity contribution in [3.8, 4) is 11.5 Å². The highest BCUT2D eigenvalue weighted by Crippen LogP contribution is 2.24. The number of hydrogen-bond donors (Lipinski definition) is 1. The van der Waals surface area contributed by atoms with Crippen molar-refractivity contribution in [2.75, 3.05) is 34.0 Å². The summed E-state index contributed by atoms with van der Waals surface area (Å²) in [6.07, 6.45) is -0.214. The third kappa shape index (κ3) is 5.36. The first-order valence-electron chi connectivity index (χ1n) is 6.89. The van der Waals surface area contributed by atoms with Crippen LogP contribution in [-0.4, -0.2) is 40.3 Å². The van der Waals surface area contributed by atoms with Crippen LogP contribution in [-0.2, 0) is 16.0 Å². The van der Waals surface area contributed by atoms with Crippen LogP contribution in [0.15, 0.2) is 18.2 Å². The topological polar surface area (TPSA) is 49.0 Å². The van der Waals surface area contributed by atoms with Crippen molar-refractivity contribution in [3.63, 3.8) is 0 Å². The molecule has 0 unspecified atom stereocenters. The first kappa shape index (κ1) is 16.8. The van der Waals surface area contributed by atoms with Gasteiger partial charge in [-0.15, -0.1) is 0 Å². The number of rotatable bonds is 10. The van der Waals surface area contributed by atoms with Gasteiger partial charge >= 0.3 is 0 Å². The highest BCUT2D eigenvalue weighted by molar-refractivity contribution is 5.40. The number of benzene rings is 1. The van der Waals surface area contributed by atoms with Gasteiger partial charge in [0.2, 0.25) is 0 Å². The van der Waals surface area contributed by atoms with E-state index in [1.807, 2.05) is 32.0 Å². The molecule has 0 atom stereocenters. The summed E-state index contributed by atoms with van der Waals surface area (Å²) in [5.41, 5.74) is 1.07. The minimum atomic E-state index is -0.214. The zero-order valence-corrected chi connectivity index (χ0v) is 12.8. The molecule has 114 valence electrons. The fourth-order valence-corrected chi connectivity index (χ4v) is 1.86. The quantitative estimate of drug-likeness (QED) is 0.667. The molecule has 5 nitrogen and oxygen atoms in total. The van der Waals surface area contributed by atoms with Crippen LogP contribution in [0, 0.1) is 0 Å². The molecule has 1 rings (SSSR count). The van der Waals surface area contributed by atoms with E-state index < -0.39 is 0 Å². The Labute approximate surface area is 121 Å². The Morgan fingerprint density at radius 3 is 2.30 bits per heavy atom. The van der Waals surface area contributed by atoms with Gasteiger partial charge in [0.1, 0.15) is 11.5 Å². The van der Waals surface area contributed by atoms with Gasteiger partial charge in [0, 0.05) is 37.9 Å². The molecule has 0 bridgehead atoms. The monoisotopic (exact) mass is 283 g/mol. The molecule has 1 aromatic rings. The van der Waals surface area contributed by atoms with Gasteiger partial charge in [0.05, 0.1) is 14.2 Å². The van der Waals surface area contributed by atoms with Crippen LogP contribution in [0.3, 0.4) is 0 Å². The van der Waals surface area contributed by atoms with Gasteiger partial charge in [0.25, 0.3) is 0 Å². The van der Waals surface area contributed by atoms with Crippen molar-refractivity contribution in [3.05, 3.63) is 23.8 Å². The molecule has 0 aliphatic heterocycles. The minimum Gasteiger partial charge on any atom is -0.497 e. The molecule has 1 N–H and O–H groups in total. The van der Waals surface area contributed by atoms with Crippen LogP contribution < -0.4 is 14.8 Å². The van der Waals surface area contributed by atoms with E-state index in [0.29, 0.717) is 26.3 Å². The van der Waals surface area contributed by atoms with E-state index in [4.69, 9.17) is 18.9 Å². The zero-order valence-electron chi connectivity index (χ0n) is 12.8. The molecule has 5 heteroatoms. The fourth-order valence-electron chi connectivity index (χ4n) is 1.86. The summed E-state index contributed by atoms with van der Waals surface area (Å²) >= 11 is 0. The second kappa shape index (κ2) is 9.58. The highest BCUT2D eigenvalue weighted by Gasteiger charge is 2.09. The smallest absolute Gasteiger partial charge is 0.169 e. The average molecular weight is 283 g/mol. The summed E-state index contributed by atoms with van der Waals surface area (Å²) in [5, 5.41) is 3.31. The van der Waals surface area contributed by atoms with Crippen molar-refractivity contribution in [1.29, 1.82) is 0 Å². The molecule has 0 amide bonds. The Kier molecular flexibility index (Phi) is 8.02. The van der Waals surface area contributed by atoms with Gasteiger partial charge in [-0.05, 0) is 19.9 Å². The first-order valence-corrected chi connectivity index (χ1v) is 6.89. The molecule has 0 radical (unpaired) electrons. The van der Waals surface area contributed by atoms with E-state index in [0.717, 1.165) is 17.1 Å². The van der Waals surface area contributed by atoms with Crippen molar-refractivity contribution >= 4 is 0 Å². The highest BCUT2D eigenvalue weighted by atomic mass is 16.7. The summed E-state index contributed by atoms with van der Waals surface area (Å²) in [6.45, 7) is 6.51. The molecule has 0 spiro atoms. The molecule has 0 saturated carbocycles. The van der Waals surface area contributed by atoms with Crippen molar-refractivity contribution in [1.82, 2.24) is 5.32 Å². The lowest BCUT2D eigenvalue weighted by molar-refractivity contribution is -0.133. The first-order chi connectivity index (χ1) is 9.74. The normalized spacial score (nSPS) is 10.8. The van der Waals surface area contributed by atoms with E-state index in [9.17, 15) is 0 Å². The number of methoxy groups -OCH3 is 2. The maximum Gasteiger partial charge on any atom is 0.169 e. The SMILES string of the molecule is CCOC(CNCc1ccc(OC)cc1OC)OCC. The number of hydrogen-bond acceptors (Lipinski definition) is 5. The standard InChI is InChI=1S/C15H25NO4/c1-5-19-15(20-6-2)11-16-10-12-7-8-13(17-3)9-14(12)18-4/h7-9,15-16H,5-6,10-11H2,1-4H3.